The van der Waals surface area contributed by atoms with Crippen LogP contribution in [-0.4, -0.2) is 5.25 Å². The molecule has 0 fully saturated rings. The van der Waals surface area contributed by atoms with Crippen molar-refractivity contribution < 1.29 is 0 Å². The van der Waals surface area contributed by atoms with Crippen molar-refractivity contribution in [1.82, 2.24) is 0 Å². The molecule has 0 radical (unpaired) electrons. The van der Waals surface area contributed by atoms with Crippen LogP contribution >= 0.6 is 39.3 Å². The lowest BCUT2D eigenvalue weighted by atomic mass is 9.93. The largest absolute Gasteiger partial charge is 0.323 e. The molecule has 1 heterocycles. The third-order valence-corrected chi connectivity index (χ3v) is 5.46. The summed E-state index contributed by atoms with van der Waals surface area (Å²) in [6, 6.07) is 4.15. The first kappa shape index (κ1) is 12.7. The Morgan fingerprint density at radius 3 is 2.81 bits per heavy atom. The van der Waals surface area contributed by atoms with E-state index in [0.717, 1.165) is 15.2 Å². The molecule has 1 aliphatic heterocycles. The quantitative estimate of drug-likeness (QED) is 0.831. The van der Waals surface area contributed by atoms with E-state index in [2.05, 4.69) is 35.8 Å². The van der Waals surface area contributed by atoms with Crippen molar-refractivity contribution in [2.24, 2.45) is 11.7 Å². The van der Waals surface area contributed by atoms with E-state index in [0.29, 0.717) is 11.2 Å². The Labute approximate surface area is 114 Å². The molecule has 2 N–H and O–H groups in total. The Hall–Kier alpha value is 0.300. The number of nitrogens with two attached hydrogens (primary N) is 1. The van der Waals surface area contributed by atoms with Gasteiger partial charge >= 0.3 is 0 Å². The molecule has 1 aromatic carbocycles. The molecule has 1 nitrogen and oxygen atoms in total. The molecule has 16 heavy (non-hydrogen) atoms. The number of thioether (sulfide) groups is 1. The van der Waals surface area contributed by atoms with Gasteiger partial charge in [0.2, 0.25) is 0 Å². The van der Waals surface area contributed by atoms with Gasteiger partial charge < -0.3 is 5.73 Å². The predicted molar refractivity (Wildman–Crippen MR) is 76.0 cm³/mol. The summed E-state index contributed by atoms with van der Waals surface area (Å²) < 4.78 is 1.01. The number of halogens is 2. The second kappa shape index (κ2) is 4.89. The molecule has 0 bridgehead atoms. The van der Waals surface area contributed by atoms with Gasteiger partial charge in [0, 0.05) is 26.5 Å². The molecule has 1 aromatic rings. The molecule has 0 amide bonds. The van der Waals surface area contributed by atoms with Gasteiger partial charge in [-0.2, -0.15) is 11.8 Å². The van der Waals surface area contributed by atoms with E-state index in [4.69, 9.17) is 17.3 Å². The zero-order valence-electron chi connectivity index (χ0n) is 9.34. The van der Waals surface area contributed by atoms with E-state index in [1.54, 1.807) is 0 Å². The van der Waals surface area contributed by atoms with E-state index in [9.17, 15) is 0 Å². The minimum atomic E-state index is 0.0868. The summed E-state index contributed by atoms with van der Waals surface area (Å²) in [7, 11) is 0. The zero-order chi connectivity index (χ0) is 11.9. The number of benzene rings is 1. The summed E-state index contributed by atoms with van der Waals surface area (Å²) in [6.45, 7) is 4.45. The van der Waals surface area contributed by atoms with Gasteiger partial charge in [0.15, 0.2) is 0 Å². The number of fused-ring (bicyclic) bond motifs is 1. The first-order valence-electron chi connectivity index (χ1n) is 5.35. The van der Waals surface area contributed by atoms with Crippen LogP contribution in [0.3, 0.4) is 0 Å². The van der Waals surface area contributed by atoms with Gasteiger partial charge in [-0.05, 0) is 29.2 Å². The highest BCUT2D eigenvalue weighted by molar-refractivity contribution is 9.10. The van der Waals surface area contributed by atoms with Gasteiger partial charge in [0.1, 0.15) is 0 Å². The van der Waals surface area contributed by atoms with Crippen molar-refractivity contribution in [1.29, 1.82) is 0 Å². The highest BCUT2D eigenvalue weighted by atomic mass is 79.9. The van der Waals surface area contributed by atoms with Crippen molar-refractivity contribution in [3.05, 3.63) is 32.8 Å². The molecule has 0 spiro atoms. The van der Waals surface area contributed by atoms with Gasteiger partial charge in [-0.3, -0.25) is 0 Å². The maximum atomic E-state index is 6.33. The number of hydrogen-bond acceptors (Lipinski definition) is 2. The van der Waals surface area contributed by atoms with Gasteiger partial charge in [0.25, 0.3) is 0 Å². The standard InChI is InChI=1S/C12H15BrClNS/c1-6(2)12-11(15)8-3-7(13)4-10(14)9(8)5-16-12/h3-4,6,11-12H,5,15H2,1-2H3. The fourth-order valence-electron chi connectivity index (χ4n) is 2.14. The van der Waals surface area contributed by atoms with Gasteiger partial charge in [0.05, 0.1) is 0 Å². The van der Waals surface area contributed by atoms with Crippen molar-refractivity contribution in [2.45, 2.75) is 30.9 Å². The summed E-state index contributed by atoms with van der Waals surface area (Å²) in [5.41, 5.74) is 8.74. The van der Waals surface area contributed by atoms with Gasteiger partial charge in [-0.25, -0.2) is 0 Å². The highest BCUT2D eigenvalue weighted by Gasteiger charge is 2.30. The Kier molecular flexibility index (Phi) is 3.89. The van der Waals surface area contributed by atoms with E-state index in [-0.39, 0.29) is 6.04 Å². The molecule has 88 valence electrons. The molecule has 0 aliphatic carbocycles. The lowest BCUT2D eigenvalue weighted by molar-refractivity contribution is 0.520. The molecule has 2 rings (SSSR count). The molecular weight excluding hydrogens is 306 g/mol. The normalized spacial score (nSPS) is 24.6. The first-order valence-corrected chi connectivity index (χ1v) is 7.57. The molecule has 2 unspecified atom stereocenters. The van der Waals surface area contributed by atoms with Crippen LogP contribution in [0.5, 0.6) is 0 Å². The number of rotatable bonds is 1. The maximum Gasteiger partial charge on any atom is 0.0460 e. The van der Waals surface area contributed by atoms with Crippen LogP contribution in [-0.2, 0) is 5.75 Å². The SMILES string of the molecule is CC(C)C1SCc2c(Cl)cc(Br)cc2C1N. The van der Waals surface area contributed by atoms with Crippen molar-refractivity contribution in [3.8, 4) is 0 Å². The fourth-order valence-corrected chi connectivity index (χ4v) is 4.54. The zero-order valence-corrected chi connectivity index (χ0v) is 12.5. The van der Waals surface area contributed by atoms with Crippen LogP contribution < -0.4 is 5.73 Å². The van der Waals surface area contributed by atoms with E-state index >= 15 is 0 Å². The lowest BCUT2D eigenvalue weighted by Crippen LogP contribution is -2.32. The topological polar surface area (TPSA) is 26.0 Å². The minimum Gasteiger partial charge on any atom is -0.323 e. The monoisotopic (exact) mass is 319 g/mol. The van der Waals surface area contributed by atoms with E-state index < -0.39 is 0 Å². The Morgan fingerprint density at radius 1 is 1.50 bits per heavy atom. The van der Waals surface area contributed by atoms with Crippen LogP contribution in [0.1, 0.15) is 31.0 Å². The van der Waals surface area contributed by atoms with Crippen LogP contribution in [0, 0.1) is 5.92 Å². The van der Waals surface area contributed by atoms with Crippen molar-refractivity contribution in [3.63, 3.8) is 0 Å². The fraction of sp³-hybridized carbons (Fsp3) is 0.500. The number of hydrogen-bond donors (Lipinski definition) is 1. The Balaban J connectivity index is 2.44. The van der Waals surface area contributed by atoms with Crippen LogP contribution in [0.2, 0.25) is 5.02 Å². The molecule has 4 heteroatoms. The van der Waals surface area contributed by atoms with Crippen LogP contribution in [0.15, 0.2) is 16.6 Å². The third-order valence-electron chi connectivity index (χ3n) is 2.99. The van der Waals surface area contributed by atoms with Gasteiger partial charge in [-0.1, -0.05) is 41.4 Å². The van der Waals surface area contributed by atoms with Crippen molar-refractivity contribution >= 4 is 39.3 Å². The van der Waals surface area contributed by atoms with Crippen LogP contribution in [0.4, 0.5) is 0 Å². The summed E-state index contributed by atoms with van der Waals surface area (Å²) in [5.74, 6) is 1.56. The highest BCUT2D eigenvalue weighted by Crippen LogP contribution is 2.43. The summed E-state index contributed by atoms with van der Waals surface area (Å²) in [5, 5.41) is 1.31. The molecule has 0 aromatic heterocycles. The molecule has 1 aliphatic rings. The average Bonchev–Trinajstić information content (AvgIpc) is 2.19. The Morgan fingerprint density at radius 2 is 2.19 bits per heavy atom. The summed E-state index contributed by atoms with van der Waals surface area (Å²) in [4.78, 5) is 0. The average molecular weight is 321 g/mol. The summed E-state index contributed by atoms with van der Waals surface area (Å²) in [6.07, 6.45) is 0. The van der Waals surface area contributed by atoms with E-state index in [1.165, 1.54) is 11.1 Å². The molecule has 2 atom stereocenters. The molecular formula is C12H15BrClNS. The van der Waals surface area contributed by atoms with Crippen LogP contribution in [0.25, 0.3) is 0 Å². The van der Waals surface area contributed by atoms with E-state index in [1.807, 2.05) is 17.8 Å². The first-order chi connectivity index (χ1) is 7.50. The Bertz CT molecular complexity index is 408. The van der Waals surface area contributed by atoms with Crippen molar-refractivity contribution in [2.75, 3.05) is 0 Å². The van der Waals surface area contributed by atoms with Gasteiger partial charge in [-0.15, -0.1) is 0 Å². The smallest absolute Gasteiger partial charge is 0.0460 e. The maximum absolute atomic E-state index is 6.33. The second-order valence-corrected chi connectivity index (χ2v) is 6.99. The second-order valence-electron chi connectivity index (χ2n) is 4.50. The lowest BCUT2D eigenvalue weighted by Gasteiger charge is -2.33. The minimum absolute atomic E-state index is 0.0868. The molecule has 0 saturated heterocycles. The molecule has 0 saturated carbocycles. The summed E-state index contributed by atoms with van der Waals surface area (Å²) >= 11 is 11.6. The third kappa shape index (κ3) is 2.28. The predicted octanol–water partition coefficient (Wildman–Crippen LogP) is 4.37.